The maximum Gasteiger partial charge on any atom is 0 e. The van der Waals surface area contributed by atoms with Crippen LogP contribution in [-0.2, 0) is 36.5 Å². The maximum absolute atomic E-state index is 0. The van der Waals surface area contributed by atoms with Crippen molar-refractivity contribution >= 4 is 90.3 Å². The van der Waals surface area contributed by atoms with E-state index in [1.54, 1.807) is 0 Å². The SMILES string of the molecule is [Ca].[Mg].[Mn].[Na].[Zn]. The van der Waals surface area contributed by atoms with E-state index in [-0.39, 0.29) is 127 Å². The fourth-order valence-electron chi connectivity index (χ4n) is 0. The third-order valence-corrected chi connectivity index (χ3v) is 0. The van der Waals surface area contributed by atoms with Gasteiger partial charge in [0.05, 0.1) is 0 Å². The van der Waals surface area contributed by atoms with Gasteiger partial charge in [-0.05, 0) is 0 Å². The van der Waals surface area contributed by atoms with Gasteiger partial charge in [0.1, 0.15) is 0 Å². The van der Waals surface area contributed by atoms with Crippen molar-refractivity contribution in [2.45, 2.75) is 0 Å². The Kier molecular flexibility index (Phi) is 170. The molecule has 6 radical (unpaired) electrons. The first-order valence-electron chi connectivity index (χ1n) is 0. The molecule has 0 rings (SSSR count). The zero-order chi connectivity index (χ0) is 0. The molecule has 0 saturated carbocycles. The summed E-state index contributed by atoms with van der Waals surface area (Å²) < 4.78 is 0. The van der Waals surface area contributed by atoms with Gasteiger partial charge in [0.25, 0.3) is 0 Å². The minimum atomic E-state index is 0. The molecule has 0 aromatic heterocycles. The Bertz CT molecular complexity index is 11.6. The van der Waals surface area contributed by atoms with Gasteiger partial charge in [-0.1, -0.05) is 0 Å². The number of rotatable bonds is 0. The van der Waals surface area contributed by atoms with Crippen LogP contribution < -0.4 is 0 Å². The smallest absolute Gasteiger partial charge is 0 e. The van der Waals surface area contributed by atoms with E-state index in [4.69, 9.17) is 0 Å². The average Bonchev–Trinajstić information content (AvgIpc) is 0. The van der Waals surface area contributed by atoms with Gasteiger partial charge in [-0.25, -0.2) is 0 Å². The summed E-state index contributed by atoms with van der Waals surface area (Å²) in [4.78, 5) is 0. The average molecular weight is 208 g/mol. The predicted octanol–water partition coefficient (Wildman–Crippen LogP) is -1.15. The fraction of sp³-hybridized carbons (Fsp3) is 0. The zero-order valence-corrected chi connectivity index (χ0v) is 13.3. The van der Waals surface area contributed by atoms with E-state index >= 15 is 0 Å². The summed E-state index contributed by atoms with van der Waals surface area (Å²) in [7, 11) is 0. The van der Waals surface area contributed by atoms with Crippen LogP contribution in [0.4, 0.5) is 0 Å². The normalized spacial score (nSPS) is 0. The van der Waals surface area contributed by atoms with Crippen molar-refractivity contribution in [1.29, 1.82) is 0 Å². The van der Waals surface area contributed by atoms with Crippen molar-refractivity contribution in [3.8, 4) is 0 Å². The summed E-state index contributed by atoms with van der Waals surface area (Å²) in [5.41, 5.74) is 0. The molecule has 0 amide bonds. The minimum absolute atomic E-state index is 0. The van der Waals surface area contributed by atoms with E-state index in [1.165, 1.54) is 0 Å². The molecule has 0 saturated heterocycles. The van der Waals surface area contributed by atoms with Gasteiger partial charge >= 0.3 is 0 Å². The summed E-state index contributed by atoms with van der Waals surface area (Å²) in [6.07, 6.45) is 0. The molecule has 5 heavy (non-hydrogen) atoms. The quantitative estimate of drug-likeness (QED) is 0.441. The van der Waals surface area contributed by atoms with Crippen molar-refractivity contribution in [2.24, 2.45) is 0 Å². The van der Waals surface area contributed by atoms with Gasteiger partial charge < -0.3 is 0 Å². The molecular weight excluding hydrogens is 208 g/mol. The third kappa shape index (κ3) is 17.9. The Morgan fingerprint density at radius 1 is 1.00 bits per heavy atom. The molecule has 0 bridgehead atoms. The van der Waals surface area contributed by atoms with E-state index in [1.807, 2.05) is 0 Å². The van der Waals surface area contributed by atoms with Gasteiger partial charge in [-0.3, -0.25) is 0 Å². The second-order valence-electron chi connectivity index (χ2n) is 0. The zero-order valence-electron chi connectivity index (χ0n) is 3.50. The maximum atomic E-state index is 0. The van der Waals surface area contributed by atoms with Gasteiger partial charge in [-0.15, -0.1) is 0 Å². The fourth-order valence-corrected chi connectivity index (χ4v) is 0. The molecule has 0 aliphatic rings. The third-order valence-electron chi connectivity index (χ3n) is 0. The van der Waals surface area contributed by atoms with E-state index < -0.39 is 0 Å². The molecular formula is CaMgMnNaZn. The van der Waals surface area contributed by atoms with Crippen LogP contribution in [0.15, 0.2) is 0 Å². The summed E-state index contributed by atoms with van der Waals surface area (Å²) >= 11 is 0. The predicted molar refractivity (Wildman–Crippen MR) is 17.3 cm³/mol. The molecule has 0 aliphatic carbocycles. The molecule has 14 valence electrons. The van der Waals surface area contributed by atoms with Gasteiger partial charge in [0, 0.05) is 127 Å². The number of hydrogen-bond donors (Lipinski definition) is 0. The van der Waals surface area contributed by atoms with Crippen LogP contribution in [0.5, 0.6) is 0 Å². The Balaban J connectivity index is 0. The second-order valence-corrected chi connectivity index (χ2v) is 0. The van der Waals surface area contributed by atoms with Crippen molar-refractivity contribution < 1.29 is 36.5 Å². The van der Waals surface area contributed by atoms with Gasteiger partial charge in [0.2, 0.25) is 0 Å². The van der Waals surface area contributed by atoms with Gasteiger partial charge in [0.15, 0.2) is 0 Å². The van der Waals surface area contributed by atoms with Crippen LogP contribution in [0.1, 0.15) is 0 Å². The molecule has 0 atom stereocenters. The number of hydrogen-bond acceptors (Lipinski definition) is 0. The molecule has 0 aromatic carbocycles. The van der Waals surface area contributed by atoms with Crippen molar-refractivity contribution in [2.75, 3.05) is 0 Å². The molecule has 0 aliphatic heterocycles. The van der Waals surface area contributed by atoms with Crippen molar-refractivity contribution in [3.63, 3.8) is 0 Å². The molecule has 0 spiro atoms. The second kappa shape index (κ2) is 24.2. The largest absolute Gasteiger partial charge is 0 e. The Hall–Kier alpha value is 4.17. The molecule has 0 nitrogen and oxygen atoms in total. The molecule has 0 heterocycles. The Labute approximate surface area is 124 Å². The summed E-state index contributed by atoms with van der Waals surface area (Å²) in [6, 6.07) is 0. The summed E-state index contributed by atoms with van der Waals surface area (Å²) in [6.45, 7) is 0. The Morgan fingerprint density at radius 2 is 1.00 bits per heavy atom. The summed E-state index contributed by atoms with van der Waals surface area (Å²) in [5, 5.41) is 0. The molecule has 0 unspecified atom stereocenters. The van der Waals surface area contributed by atoms with Gasteiger partial charge in [-0.2, -0.15) is 0 Å². The molecule has 0 aromatic rings. The van der Waals surface area contributed by atoms with E-state index in [2.05, 4.69) is 0 Å². The van der Waals surface area contributed by atoms with Crippen LogP contribution in [-0.4, -0.2) is 90.3 Å². The van der Waals surface area contributed by atoms with Crippen molar-refractivity contribution in [3.05, 3.63) is 0 Å². The molecule has 5 heteroatoms. The first-order chi connectivity index (χ1) is 0. The Morgan fingerprint density at radius 3 is 1.00 bits per heavy atom. The first kappa shape index (κ1) is 35.2. The molecule has 0 fully saturated rings. The van der Waals surface area contributed by atoms with Crippen LogP contribution >= 0.6 is 0 Å². The first-order valence-corrected chi connectivity index (χ1v) is 0. The van der Waals surface area contributed by atoms with E-state index in [9.17, 15) is 0 Å². The molecule has 0 N–H and O–H groups in total. The minimum Gasteiger partial charge on any atom is 0 e. The monoisotopic (exact) mass is 206 g/mol. The van der Waals surface area contributed by atoms with Crippen LogP contribution in [0.25, 0.3) is 0 Å². The van der Waals surface area contributed by atoms with Crippen LogP contribution in [0.3, 0.4) is 0 Å². The standard InChI is InChI=1S/Ca.Mg.Mn.Na.Zn. The summed E-state index contributed by atoms with van der Waals surface area (Å²) in [5.74, 6) is 0. The van der Waals surface area contributed by atoms with Crippen LogP contribution in [0.2, 0.25) is 0 Å². The van der Waals surface area contributed by atoms with Crippen molar-refractivity contribution in [1.82, 2.24) is 0 Å². The van der Waals surface area contributed by atoms with E-state index in [0.29, 0.717) is 0 Å². The topological polar surface area (TPSA) is 0 Å². The van der Waals surface area contributed by atoms with Crippen LogP contribution in [0, 0.1) is 0 Å². The van der Waals surface area contributed by atoms with E-state index in [0.717, 1.165) is 0 Å².